The molecule has 0 aliphatic heterocycles. The van der Waals surface area contributed by atoms with Crippen molar-refractivity contribution < 1.29 is 0 Å². The van der Waals surface area contributed by atoms with Crippen LogP contribution in [-0.2, 0) is 0 Å². The summed E-state index contributed by atoms with van der Waals surface area (Å²) in [5.74, 6) is 19.0. The standard InChI is InChI=1S/4C8H18.2C7H12.5C7H14/c1-7(2,3)8(4,5)6;1-6-7(2)8(3,4)5;1-6-8(4,5)7(2)3;1-6(2)8(5)7(3)4;1-7(4-5-7)6-2-3-6;1-5-4-7(5)6-2-3-6;1-6-4-7(2,3)5-6;1-6-4-5-7(6,2)3;2*1-5-4-6(2)7(5)3;1-3-7-4-6(2)5-7/h1-6H3;2*7H,6H2,1-5H3;6-8H,1-5H3;6H,2-5H2,1H3;5-7H,2-4H2,1H3;2*6H,4-5H2,1-3H3;2*5-7H,4H2,1-3H3;6-7H,3-5H2,1-2H3/t;;;;;5-,7?;;;;;/m.....0...../s1. The van der Waals surface area contributed by atoms with E-state index in [1.807, 2.05) is 0 Å². The molecule has 7 unspecified atom stereocenters. The van der Waals surface area contributed by atoms with E-state index in [0.29, 0.717) is 32.5 Å². The van der Waals surface area contributed by atoms with Crippen molar-refractivity contribution in [1.29, 1.82) is 0 Å². The Balaban J connectivity index is 0. The molecule has 0 amide bonds. The maximum Gasteiger partial charge on any atom is -0.0297 e. The molecule has 0 N–H and O–H groups in total. The highest BCUT2D eigenvalue weighted by atomic mass is 14.5. The Kier molecular flexibility index (Phi) is 37.4. The Morgan fingerprint density at radius 2 is 0.827 bits per heavy atom. The summed E-state index contributed by atoms with van der Waals surface area (Å²) >= 11 is 0. The smallest absolute Gasteiger partial charge is 0.0297 e. The third-order valence-electron chi connectivity index (χ3n) is 25.4. The van der Waals surface area contributed by atoms with E-state index in [0.717, 1.165) is 106 Å². The van der Waals surface area contributed by atoms with E-state index < -0.39 is 0 Å². The van der Waals surface area contributed by atoms with Crippen LogP contribution in [0.4, 0.5) is 0 Å². The quantitative estimate of drug-likeness (QED) is 0.227. The van der Waals surface area contributed by atoms with Gasteiger partial charge < -0.3 is 0 Å². The molecule has 9 fully saturated rings. The average Bonchev–Trinajstić information content (AvgIpc) is 4.11. The van der Waals surface area contributed by atoms with E-state index in [9.17, 15) is 0 Å². The highest BCUT2D eigenvalue weighted by Crippen LogP contribution is 2.61. The zero-order chi connectivity index (χ0) is 64.2. The van der Waals surface area contributed by atoms with Crippen molar-refractivity contribution in [3.63, 3.8) is 0 Å². The van der Waals surface area contributed by atoms with Gasteiger partial charge in [0.15, 0.2) is 0 Å². The molecule has 9 aliphatic carbocycles. The zero-order valence-electron chi connectivity index (χ0n) is 64.2. The minimum absolute atomic E-state index is 0.437. The van der Waals surface area contributed by atoms with Gasteiger partial charge in [0.1, 0.15) is 0 Å². The Labute approximate surface area is 519 Å². The molecule has 0 heterocycles. The Hall–Kier alpha value is 0. The molecule has 490 valence electrons. The van der Waals surface area contributed by atoms with E-state index in [4.69, 9.17) is 0 Å². The molecular formula is C81H166. The van der Waals surface area contributed by atoms with E-state index in [1.165, 1.54) is 108 Å². The van der Waals surface area contributed by atoms with E-state index in [1.54, 1.807) is 19.3 Å². The Bertz CT molecular complexity index is 1470. The van der Waals surface area contributed by atoms with E-state index >= 15 is 0 Å². The summed E-state index contributed by atoms with van der Waals surface area (Å²) in [6, 6.07) is 0. The van der Waals surface area contributed by atoms with Gasteiger partial charge in [-0.25, -0.2) is 0 Å². The summed E-state index contributed by atoms with van der Waals surface area (Å²) in [4.78, 5) is 0. The summed E-state index contributed by atoms with van der Waals surface area (Å²) in [5, 5.41) is 0. The van der Waals surface area contributed by atoms with Crippen molar-refractivity contribution in [1.82, 2.24) is 0 Å². The van der Waals surface area contributed by atoms with Crippen molar-refractivity contribution in [2.45, 2.75) is 372 Å². The van der Waals surface area contributed by atoms with Gasteiger partial charge in [0.2, 0.25) is 0 Å². The lowest BCUT2D eigenvalue weighted by molar-refractivity contribution is 0.0892. The number of hydrogen-bond donors (Lipinski definition) is 0. The van der Waals surface area contributed by atoms with Crippen molar-refractivity contribution in [3.8, 4) is 0 Å². The van der Waals surface area contributed by atoms with E-state index in [-0.39, 0.29) is 0 Å². The molecule has 0 aromatic carbocycles. The molecule has 0 radical (unpaired) electrons. The third kappa shape index (κ3) is 35.6. The summed E-state index contributed by atoms with van der Waals surface area (Å²) in [7, 11) is 0. The maximum absolute atomic E-state index is 2.44. The first-order valence-electron chi connectivity index (χ1n) is 36.5. The van der Waals surface area contributed by atoms with Gasteiger partial charge in [0.05, 0.1) is 0 Å². The molecule has 9 rings (SSSR count). The van der Waals surface area contributed by atoms with Crippen LogP contribution in [0.2, 0.25) is 0 Å². The van der Waals surface area contributed by atoms with Crippen LogP contribution in [0.15, 0.2) is 0 Å². The molecule has 0 aromatic heterocycles. The second kappa shape index (κ2) is 36.5. The summed E-state index contributed by atoms with van der Waals surface area (Å²) in [6.07, 6.45) is 26.4. The fourth-order valence-electron chi connectivity index (χ4n) is 11.7. The van der Waals surface area contributed by atoms with Gasteiger partial charge in [-0.3, -0.25) is 0 Å². The molecule has 0 bridgehead atoms. The Morgan fingerprint density at radius 1 is 0.457 bits per heavy atom. The van der Waals surface area contributed by atoms with Crippen molar-refractivity contribution >= 4 is 0 Å². The van der Waals surface area contributed by atoms with Gasteiger partial charge in [-0.15, -0.1) is 0 Å². The first-order valence-corrected chi connectivity index (χ1v) is 36.5. The lowest BCUT2D eigenvalue weighted by Gasteiger charge is -2.42. The lowest BCUT2D eigenvalue weighted by Crippen LogP contribution is -2.31. The highest BCUT2D eigenvalue weighted by molar-refractivity contribution is 5.00. The van der Waals surface area contributed by atoms with Crippen LogP contribution in [0.1, 0.15) is 372 Å². The van der Waals surface area contributed by atoms with Crippen LogP contribution < -0.4 is 0 Å². The number of hydrogen-bond acceptors (Lipinski definition) is 0. The van der Waals surface area contributed by atoms with Crippen LogP contribution in [-0.4, -0.2) is 0 Å². The summed E-state index contributed by atoms with van der Waals surface area (Å²) in [6.45, 7) is 85.5. The Morgan fingerprint density at radius 3 is 0.864 bits per heavy atom. The SMILES string of the molecule is CC(C)(C)C(C)(C)C.CC(C)C(C)C(C)C.CC1(C2CC2)CC1.CC1CC(C)(C)C1.CC1CC(C)C1C.CC1CC(C)C1C.CC1CCC1(C)C.CCC(C)(C)C(C)C.CCC(C)C(C)(C)C.CCC1CC(C)C1.C[C@H]1CC1C1CC1. The topological polar surface area (TPSA) is 0 Å². The highest BCUT2D eigenvalue weighted by Gasteiger charge is 2.49. The van der Waals surface area contributed by atoms with E-state index in [2.05, 4.69) is 256 Å². The summed E-state index contributed by atoms with van der Waals surface area (Å²) in [5.41, 5.74) is 4.16. The van der Waals surface area contributed by atoms with Gasteiger partial charge in [-0.1, -0.05) is 275 Å². The van der Waals surface area contributed by atoms with Gasteiger partial charge >= 0.3 is 0 Å². The minimum atomic E-state index is 0.437. The fraction of sp³-hybridized carbons (Fsp3) is 1.00. The second-order valence-corrected chi connectivity index (χ2v) is 37.7. The second-order valence-electron chi connectivity index (χ2n) is 37.7. The lowest BCUT2D eigenvalue weighted by atomic mass is 9.64. The molecule has 0 aromatic rings. The maximum atomic E-state index is 2.44. The zero-order valence-corrected chi connectivity index (χ0v) is 64.2. The first kappa shape index (κ1) is 83.1. The van der Waals surface area contributed by atoms with Gasteiger partial charge in [-0.05, 0) is 247 Å². The van der Waals surface area contributed by atoms with Gasteiger partial charge in [0, 0.05) is 0 Å². The van der Waals surface area contributed by atoms with Crippen LogP contribution in [0.5, 0.6) is 0 Å². The molecule has 0 nitrogen and oxygen atoms in total. The normalized spacial score (nSPS) is 30.9. The molecule has 9 saturated carbocycles. The molecule has 8 atom stereocenters. The molecule has 0 spiro atoms. The predicted molar refractivity (Wildman–Crippen MR) is 376 cm³/mol. The van der Waals surface area contributed by atoms with Crippen molar-refractivity contribution in [2.24, 2.45) is 150 Å². The molecular weight excluding hydrogens is 973 g/mol. The number of rotatable bonds is 8. The molecule has 0 heteroatoms. The largest absolute Gasteiger partial charge is 0.0651 e. The van der Waals surface area contributed by atoms with Crippen molar-refractivity contribution in [3.05, 3.63) is 0 Å². The molecule has 0 saturated heterocycles. The van der Waals surface area contributed by atoms with Gasteiger partial charge in [-0.2, -0.15) is 0 Å². The fourth-order valence-corrected chi connectivity index (χ4v) is 11.7. The predicted octanol–water partition coefficient (Wildman–Crippen LogP) is 28.3. The monoisotopic (exact) mass is 1140 g/mol. The van der Waals surface area contributed by atoms with Crippen LogP contribution >= 0.6 is 0 Å². The first-order chi connectivity index (χ1) is 36.5. The van der Waals surface area contributed by atoms with Gasteiger partial charge in [0.25, 0.3) is 0 Å². The van der Waals surface area contributed by atoms with Crippen LogP contribution in [0, 0.1) is 150 Å². The summed E-state index contributed by atoms with van der Waals surface area (Å²) < 4.78 is 0. The minimum Gasteiger partial charge on any atom is -0.0651 e. The van der Waals surface area contributed by atoms with Crippen molar-refractivity contribution in [2.75, 3.05) is 0 Å². The average molecular weight is 1140 g/mol. The van der Waals surface area contributed by atoms with Crippen LogP contribution in [0.3, 0.4) is 0 Å². The molecule has 81 heavy (non-hydrogen) atoms. The molecule has 9 aliphatic rings. The van der Waals surface area contributed by atoms with Crippen LogP contribution in [0.25, 0.3) is 0 Å². The third-order valence-corrected chi connectivity index (χ3v) is 25.4.